The van der Waals surface area contributed by atoms with E-state index < -0.39 is 12.0 Å². The molecule has 0 aromatic carbocycles. The van der Waals surface area contributed by atoms with Gasteiger partial charge in [-0.05, 0) is 20.8 Å². The molecule has 0 aliphatic carbocycles. The molecule has 0 aliphatic rings. The first kappa shape index (κ1) is 13.7. The molecule has 17 heavy (non-hydrogen) atoms. The lowest BCUT2D eigenvalue weighted by Gasteiger charge is -2.18. The predicted octanol–water partition coefficient (Wildman–Crippen LogP) is 0.533. The van der Waals surface area contributed by atoms with Gasteiger partial charge in [-0.1, -0.05) is 0 Å². The molecule has 2 N–H and O–H groups in total. The number of aromatic nitrogens is 2. The Morgan fingerprint density at radius 2 is 2.00 bits per heavy atom. The zero-order valence-corrected chi connectivity index (χ0v) is 10.5. The second-order valence-electron chi connectivity index (χ2n) is 3.58. The molecule has 0 amide bonds. The lowest BCUT2D eigenvalue weighted by atomic mass is 10.3. The van der Waals surface area contributed by atoms with Crippen molar-refractivity contribution in [3.05, 3.63) is 22.2 Å². The van der Waals surface area contributed by atoms with Gasteiger partial charge in [0.2, 0.25) is 0 Å². The summed E-state index contributed by atoms with van der Waals surface area (Å²) in [4.78, 5) is 15.3. The molecule has 1 rings (SSSR count). The number of nitrogen functional groups attached to an aromatic ring is 1. The maximum atomic E-state index is 11.6. The Hall–Kier alpha value is -1.40. The van der Waals surface area contributed by atoms with Crippen molar-refractivity contribution >= 4 is 5.82 Å². The van der Waals surface area contributed by atoms with Gasteiger partial charge >= 0.3 is 5.69 Å². The van der Waals surface area contributed by atoms with Crippen molar-refractivity contribution in [2.24, 2.45) is 0 Å². The van der Waals surface area contributed by atoms with Gasteiger partial charge in [0.25, 0.3) is 0 Å². The van der Waals surface area contributed by atoms with Gasteiger partial charge in [-0.15, -0.1) is 0 Å². The molecule has 0 radical (unpaired) electrons. The standard InChI is InChI=1S/C11H19N3O3/c1-4-16-9(17-5-2)7-14-6-8(3)10(12)13-11(14)15/h6,9H,4-5,7H2,1-3H3,(H2,12,13,15). The molecule has 0 fully saturated rings. The number of rotatable bonds is 6. The summed E-state index contributed by atoms with van der Waals surface area (Å²) in [5.41, 5.74) is 5.92. The van der Waals surface area contributed by atoms with Crippen LogP contribution < -0.4 is 11.4 Å². The summed E-state index contributed by atoms with van der Waals surface area (Å²) in [5, 5.41) is 0. The third-order valence-electron chi connectivity index (χ3n) is 2.27. The fourth-order valence-corrected chi connectivity index (χ4v) is 1.43. The van der Waals surface area contributed by atoms with Crippen molar-refractivity contribution in [1.82, 2.24) is 9.55 Å². The molecule has 0 aliphatic heterocycles. The van der Waals surface area contributed by atoms with E-state index >= 15 is 0 Å². The number of ether oxygens (including phenoxy) is 2. The van der Waals surface area contributed by atoms with Crippen LogP contribution in [0.5, 0.6) is 0 Å². The number of anilines is 1. The van der Waals surface area contributed by atoms with Crippen molar-refractivity contribution < 1.29 is 9.47 Å². The van der Waals surface area contributed by atoms with Crippen LogP contribution in [-0.4, -0.2) is 29.1 Å². The molecular weight excluding hydrogens is 222 g/mol. The molecule has 1 aromatic rings. The molecule has 1 heterocycles. The van der Waals surface area contributed by atoms with E-state index in [2.05, 4.69) is 4.98 Å². The van der Waals surface area contributed by atoms with Gasteiger partial charge in [-0.25, -0.2) is 4.79 Å². The average molecular weight is 241 g/mol. The van der Waals surface area contributed by atoms with Gasteiger partial charge in [0.05, 0.1) is 6.54 Å². The van der Waals surface area contributed by atoms with E-state index in [-0.39, 0.29) is 5.82 Å². The van der Waals surface area contributed by atoms with Crippen LogP contribution in [0.1, 0.15) is 19.4 Å². The van der Waals surface area contributed by atoms with Gasteiger partial charge in [-0.2, -0.15) is 4.98 Å². The third kappa shape index (κ3) is 3.83. The Balaban J connectivity index is 2.85. The van der Waals surface area contributed by atoms with Crippen LogP contribution in [-0.2, 0) is 16.0 Å². The Kier molecular flexibility index (Phi) is 5.11. The second-order valence-corrected chi connectivity index (χ2v) is 3.58. The van der Waals surface area contributed by atoms with E-state index in [0.29, 0.717) is 19.8 Å². The SMILES string of the molecule is CCOC(Cn1cc(C)c(N)nc1=O)OCC. The smallest absolute Gasteiger partial charge is 0.349 e. The second kappa shape index (κ2) is 6.36. The van der Waals surface area contributed by atoms with Crippen LogP contribution in [0.25, 0.3) is 0 Å². The summed E-state index contributed by atoms with van der Waals surface area (Å²) in [7, 11) is 0. The summed E-state index contributed by atoms with van der Waals surface area (Å²) in [6.07, 6.45) is 1.22. The summed E-state index contributed by atoms with van der Waals surface area (Å²) in [6.45, 7) is 6.92. The van der Waals surface area contributed by atoms with Gasteiger partial charge < -0.3 is 15.2 Å². The van der Waals surface area contributed by atoms with Gasteiger partial charge in [-0.3, -0.25) is 4.57 Å². The molecule has 0 bridgehead atoms. The largest absolute Gasteiger partial charge is 0.383 e. The highest BCUT2D eigenvalue weighted by molar-refractivity contribution is 5.34. The Bertz CT molecular complexity index is 411. The highest BCUT2D eigenvalue weighted by atomic mass is 16.7. The van der Waals surface area contributed by atoms with E-state index in [9.17, 15) is 4.79 Å². The van der Waals surface area contributed by atoms with Crippen LogP contribution in [0.2, 0.25) is 0 Å². The molecule has 1 aromatic heterocycles. The first-order chi connectivity index (χ1) is 8.08. The van der Waals surface area contributed by atoms with E-state index in [1.807, 2.05) is 13.8 Å². The number of nitrogens with two attached hydrogens (primary N) is 1. The fourth-order valence-electron chi connectivity index (χ4n) is 1.43. The lowest BCUT2D eigenvalue weighted by molar-refractivity contribution is -0.144. The number of hydrogen-bond acceptors (Lipinski definition) is 5. The molecule has 0 unspecified atom stereocenters. The summed E-state index contributed by atoms with van der Waals surface area (Å²) in [5.74, 6) is 0.260. The highest BCUT2D eigenvalue weighted by Crippen LogP contribution is 2.04. The quantitative estimate of drug-likeness (QED) is 0.735. The summed E-state index contributed by atoms with van der Waals surface area (Å²) in [6, 6.07) is 0. The van der Waals surface area contributed by atoms with E-state index in [1.54, 1.807) is 13.1 Å². The molecule has 0 atom stereocenters. The van der Waals surface area contributed by atoms with Crippen molar-refractivity contribution in [2.75, 3.05) is 18.9 Å². The maximum absolute atomic E-state index is 11.6. The van der Waals surface area contributed by atoms with E-state index in [0.717, 1.165) is 5.56 Å². The first-order valence-electron chi connectivity index (χ1n) is 5.65. The van der Waals surface area contributed by atoms with Gasteiger partial charge in [0.15, 0.2) is 6.29 Å². The zero-order chi connectivity index (χ0) is 12.8. The Morgan fingerprint density at radius 1 is 1.41 bits per heavy atom. The monoisotopic (exact) mass is 241 g/mol. The fraction of sp³-hybridized carbons (Fsp3) is 0.636. The Morgan fingerprint density at radius 3 is 2.53 bits per heavy atom. The minimum Gasteiger partial charge on any atom is -0.383 e. The van der Waals surface area contributed by atoms with Gasteiger partial charge in [0, 0.05) is 25.0 Å². The van der Waals surface area contributed by atoms with Crippen molar-refractivity contribution in [2.45, 2.75) is 33.6 Å². The highest BCUT2D eigenvalue weighted by Gasteiger charge is 2.11. The molecule has 0 saturated heterocycles. The van der Waals surface area contributed by atoms with Crippen molar-refractivity contribution in [3.63, 3.8) is 0 Å². The summed E-state index contributed by atoms with van der Waals surface area (Å²) < 4.78 is 12.2. The maximum Gasteiger partial charge on any atom is 0.349 e. The molecule has 96 valence electrons. The van der Waals surface area contributed by atoms with Crippen LogP contribution in [0.3, 0.4) is 0 Å². The number of aryl methyl sites for hydroxylation is 1. The van der Waals surface area contributed by atoms with Crippen LogP contribution >= 0.6 is 0 Å². The van der Waals surface area contributed by atoms with Crippen LogP contribution in [0.4, 0.5) is 5.82 Å². The van der Waals surface area contributed by atoms with Crippen molar-refractivity contribution in [3.8, 4) is 0 Å². The molecule has 0 spiro atoms. The van der Waals surface area contributed by atoms with E-state index in [4.69, 9.17) is 15.2 Å². The first-order valence-corrected chi connectivity index (χ1v) is 5.65. The molecular formula is C11H19N3O3. The average Bonchev–Trinajstić information content (AvgIpc) is 2.26. The predicted molar refractivity (Wildman–Crippen MR) is 64.7 cm³/mol. The topological polar surface area (TPSA) is 79.4 Å². The van der Waals surface area contributed by atoms with Crippen LogP contribution in [0, 0.1) is 6.92 Å². The lowest BCUT2D eigenvalue weighted by Crippen LogP contribution is -2.32. The summed E-state index contributed by atoms with van der Waals surface area (Å²) >= 11 is 0. The Labute approximate surface area is 100 Å². The van der Waals surface area contributed by atoms with E-state index in [1.165, 1.54) is 4.57 Å². The third-order valence-corrected chi connectivity index (χ3v) is 2.27. The molecule has 6 nitrogen and oxygen atoms in total. The molecule has 6 heteroatoms. The minimum atomic E-state index is -0.437. The zero-order valence-electron chi connectivity index (χ0n) is 10.5. The molecule has 0 saturated carbocycles. The van der Waals surface area contributed by atoms with Crippen LogP contribution in [0.15, 0.2) is 11.0 Å². The van der Waals surface area contributed by atoms with Crippen molar-refractivity contribution in [1.29, 1.82) is 0 Å². The minimum absolute atomic E-state index is 0.260. The normalized spacial score (nSPS) is 11.1. The number of nitrogens with zero attached hydrogens (tertiary/aromatic N) is 2. The number of hydrogen-bond donors (Lipinski definition) is 1. The van der Waals surface area contributed by atoms with Gasteiger partial charge in [0.1, 0.15) is 5.82 Å².